The van der Waals surface area contributed by atoms with Gasteiger partial charge >= 0.3 is 12.1 Å². The van der Waals surface area contributed by atoms with Crippen LogP contribution in [0.1, 0.15) is 0 Å². The number of fused-ring (bicyclic) bond motifs is 3. The first kappa shape index (κ1) is 9.20. The molecule has 0 unspecified atom stereocenters. The van der Waals surface area contributed by atoms with Crippen LogP contribution in [-0.4, -0.2) is 37.5 Å². The minimum absolute atomic E-state index is 0.202. The molecule has 3 heterocycles. The van der Waals surface area contributed by atoms with Gasteiger partial charge in [0.1, 0.15) is 0 Å². The van der Waals surface area contributed by atoms with E-state index in [9.17, 15) is 13.2 Å². The average Bonchev–Trinajstić information content (AvgIpc) is 2.04. The fraction of sp³-hybridized carbons (Fsp3) is 1.00. The summed E-state index contributed by atoms with van der Waals surface area (Å²) in [4.78, 5) is 0. The molecule has 0 aromatic carbocycles. The number of halogens is 3. The lowest BCUT2D eigenvalue weighted by Gasteiger charge is -2.49. The highest BCUT2D eigenvalue weighted by molar-refractivity contribution is 4.94. The largest absolute Gasteiger partial charge is 0.473 e. The standard InChI is InChI=1S/C6H8F3NO3/c7-5(8,9)6-11-1-4(10,2-12-6)3-13-6/h1-3,10H2. The molecule has 2 bridgehead atoms. The third-order valence-corrected chi connectivity index (χ3v) is 2.00. The van der Waals surface area contributed by atoms with Gasteiger partial charge in [-0.15, -0.1) is 0 Å². The third-order valence-electron chi connectivity index (χ3n) is 2.00. The number of hydrogen-bond donors (Lipinski definition) is 1. The lowest BCUT2D eigenvalue weighted by Crippen LogP contribution is -2.72. The van der Waals surface area contributed by atoms with Gasteiger partial charge in [0.15, 0.2) is 0 Å². The van der Waals surface area contributed by atoms with Crippen LogP contribution in [0.5, 0.6) is 0 Å². The summed E-state index contributed by atoms with van der Waals surface area (Å²) < 4.78 is 50.3. The summed E-state index contributed by atoms with van der Waals surface area (Å²) in [7, 11) is 0. The molecule has 13 heavy (non-hydrogen) atoms. The van der Waals surface area contributed by atoms with Gasteiger partial charge in [0.25, 0.3) is 0 Å². The van der Waals surface area contributed by atoms with Gasteiger partial charge in [-0.05, 0) is 0 Å². The highest BCUT2D eigenvalue weighted by atomic mass is 19.4. The smallest absolute Gasteiger partial charge is 0.319 e. The molecule has 0 aliphatic carbocycles. The first-order valence-electron chi connectivity index (χ1n) is 3.64. The molecule has 0 atom stereocenters. The van der Waals surface area contributed by atoms with Crippen molar-refractivity contribution in [2.45, 2.75) is 17.7 Å². The molecule has 7 heteroatoms. The Bertz CT molecular complexity index is 205. The van der Waals surface area contributed by atoms with E-state index in [2.05, 4.69) is 14.2 Å². The van der Waals surface area contributed by atoms with Gasteiger partial charge in [-0.25, -0.2) is 0 Å². The molecule has 3 saturated heterocycles. The topological polar surface area (TPSA) is 53.7 Å². The predicted molar refractivity (Wildman–Crippen MR) is 33.6 cm³/mol. The zero-order chi connectivity index (χ0) is 9.74. The van der Waals surface area contributed by atoms with E-state index in [-0.39, 0.29) is 19.8 Å². The first-order valence-corrected chi connectivity index (χ1v) is 3.64. The van der Waals surface area contributed by atoms with Gasteiger partial charge in [0.2, 0.25) is 0 Å². The second kappa shape index (κ2) is 2.35. The molecular weight excluding hydrogens is 191 g/mol. The predicted octanol–water partition coefficient (Wildman–Crippen LogP) is -0.0230. The maximum Gasteiger partial charge on any atom is 0.473 e. The van der Waals surface area contributed by atoms with Crippen LogP contribution in [0.3, 0.4) is 0 Å². The Hall–Kier alpha value is -0.370. The normalized spacial score (nSPS) is 45.2. The molecule has 0 amide bonds. The molecular formula is C6H8F3NO3. The number of alkyl halides is 3. The van der Waals surface area contributed by atoms with E-state index in [0.29, 0.717) is 0 Å². The van der Waals surface area contributed by atoms with Crippen molar-refractivity contribution in [3.05, 3.63) is 0 Å². The molecule has 3 aliphatic heterocycles. The van der Waals surface area contributed by atoms with Crippen LogP contribution < -0.4 is 5.73 Å². The second-order valence-electron chi connectivity index (χ2n) is 3.28. The fourth-order valence-electron chi connectivity index (χ4n) is 1.21. The Morgan fingerprint density at radius 3 is 1.69 bits per heavy atom. The van der Waals surface area contributed by atoms with Crippen LogP contribution in [0.2, 0.25) is 0 Å². The molecule has 0 saturated carbocycles. The van der Waals surface area contributed by atoms with Crippen LogP contribution in [0.4, 0.5) is 13.2 Å². The minimum Gasteiger partial charge on any atom is -0.319 e. The Labute approximate surface area is 71.7 Å². The monoisotopic (exact) mass is 199 g/mol. The summed E-state index contributed by atoms with van der Waals surface area (Å²) >= 11 is 0. The summed E-state index contributed by atoms with van der Waals surface area (Å²) in [6.45, 7) is -0.606. The van der Waals surface area contributed by atoms with Crippen LogP contribution >= 0.6 is 0 Å². The molecule has 76 valence electrons. The summed E-state index contributed by atoms with van der Waals surface area (Å²) in [5, 5.41) is 0. The van der Waals surface area contributed by atoms with Gasteiger partial charge in [-0.1, -0.05) is 0 Å². The van der Waals surface area contributed by atoms with Gasteiger partial charge in [-0.3, -0.25) is 0 Å². The van der Waals surface area contributed by atoms with Gasteiger partial charge < -0.3 is 19.9 Å². The maximum absolute atomic E-state index is 12.3. The minimum atomic E-state index is -4.69. The second-order valence-corrected chi connectivity index (χ2v) is 3.28. The Kier molecular flexibility index (Phi) is 1.66. The van der Waals surface area contributed by atoms with Crippen molar-refractivity contribution in [3.63, 3.8) is 0 Å². The Morgan fingerprint density at radius 2 is 1.38 bits per heavy atom. The summed E-state index contributed by atoms with van der Waals surface area (Å²) in [5.74, 6) is -2.88. The van der Waals surface area contributed by atoms with Crippen LogP contribution in [0.15, 0.2) is 0 Å². The molecule has 3 rings (SSSR count). The van der Waals surface area contributed by atoms with Crippen molar-refractivity contribution < 1.29 is 27.4 Å². The highest BCUT2D eigenvalue weighted by Crippen LogP contribution is 2.42. The van der Waals surface area contributed by atoms with Crippen molar-refractivity contribution in [2.75, 3.05) is 19.8 Å². The van der Waals surface area contributed by atoms with E-state index in [4.69, 9.17) is 5.73 Å². The van der Waals surface area contributed by atoms with E-state index in [1.807, 2.05) is 0 Å². The zero-order valence-electron chi connectivity index (χ0n) is 6.56. The lowest BCUT2D eigenvalue weighted by atomic mass is 10.0. The van der Waals surface area contributed by atoms with Crippen LogP contribution in [-0.2, 0) is 14.2 Å². The summed E-state index contributed by atoms with van der Waals surface area (Å²) in [6.07, 6.45) is -4.69. The quantitative estimate of drug-likeness (QED) is 0.595. The third kappa shape index (κ3) is 1.23. The molecule has 3 fully saturated rings. The van der Waals surface area contributed by atoms with Crippen molar-refractivity contribution in [1.82, 2.24) is 0 Å². The highest BCUT2D eigenvalue weighted by Gasteiger charge is 2.67. The van der Waals surface area contributed by atoms with Crippen molar-refractivity contribution in [3.8, 4) is 0 Å². The first-order chi connectivity index (χ1) is 5.87. The van der Waals surface area contributed by atoms with E-state index in [1.165, 1.54) is 0 Å². The number of nitrogens with two attached hydrogens (primary N) is 1. The molecule has 0 aromatic rings. The van der Waals surface area contributed by atoms with Crippen molar-refractivity contribution in [1.29, 1.82) is 0 Å². The van der Waals surface area contributed by atoms with E-state index in [0.717, 1.165) is 0 Å². The zero-order valence-corrected chi connectivity index (χ0v) is 6.56. The molecule has 0 spiro atoms. The number of ether oxygens (including phenoxy) is 3. The molecule has 3 aliphatic rings. The van der Waals surface area contributed by atoms with Crippen molar-refractivity contribution in [2.24, 2.45) is 5.73 Å². The van der Waals surface area contributed by atoms with E-state index in [1.54, 1.807) is 0 Å². The Balaban J connectivity index is 2.20. The molecule has 2 N–H and O–H groups in total. The molecule has 0 aromatic heterocycles. The van der Waals surface area contributed by atoms with E-state index >= 15 is 0 Å². The maximum atomic E-state index is 12.3. The van der Waals surface area contributed by atoms with Crippen molar-refractivity contribution >= 4 is 0 Å². The van der Waals surface area contributed by atoms with Gasteiger partial charge in [-0.2, -0.15) is 13.2 Å². The lowest BCUT2D eigenvalue weighted by molar-refractivity contribution is -0.529. The van der Waals surface area contributed by atoms with E-state index < -0.39 is 17.7 Å². The van der Waals surface area contributed by atoms with Gasteiger partial charge in [0, 0.05) is 0 Å². The summed E-state index contributed by atoms with van der Waals surface area (Å²) in [6, 6.07) is 0. The number of hydrogen-bond acceptors (Lipinski definition) is 4. The molecule has 4 nitrogen and oxygen atoms in total. The average molecular weight is 199 g/mol. The fourth-order valence-corrected chi connectivity index (χ4v) is 1.21. The van der Waals surface area contributed by atoms with Crippen LogP contribution in [0, 0.1) is 0 Å². The SMILES string of the molecule is NC12COC(C(F)(F)F)(OC1)OC2. The molecule has 0 radical (unpaired) electrons. The van der Waals surface area contributed by atoms with Crippen LogP contribution in [0.25, 0.3) is 0 Å². The number of rotatable bonds is 0. The van der Waals surface area contributed by atoms with Gasteiger partial charge in [0.05, 0.1) is 25.4 Å². The summed E-state index contributed by atoms with van der Waals surface area (Å²) in [5.41, 5.74) is 4.62. The Morgan fingerprint density at radius 1 is 1.00 bits per heavy atom.